The topological polar surface area (TPSA) is 49.3 Å². The van der Waals surface area contributed by atoms with E-state index in [4.69, 9.17) is 0 Å². The number of nitrogens with one attached hydrogen (secondary N) is 1. The zero-order valence-corrected chi connectivity index (χ0v) is 15.1. The van der Waals surface area contributed by atoms with E-state index in [2.05, 4.69) is 43.4 Å². The first kappa shape index (κ1) is 17.2. The van der Waals surface area contributed by atoms with E-state index in [9.17, 15) is 9.90 Å². The molecular formula is C21H21NO2S. The predicted molar refractivity (Wildman–Crippen MR) is 104 cm³/mol. The Kier molecular flexibility index (Phi) is 5.19. The first-order chi connectivity index (χ1) is 12.0. The van der Waals surface area contributed by atoms with Crippen LogP contribution in [0, 0.1) is 5.92 Å². The van der Waals surface area contributed by atoms with Crippen molar-refractivity contribution in [1.82, 2.24) is 0 Å². The molecule has 4 heteroatoms. The highest BCUT2D eigenvalue weighted by atomic mass is 32.1. The smallest absolute Gasteiger partial charge is 0.265 e. The van der Waals surface area contributed by atoms with Crippen molar-refractivity contribution in [1.29, 1.82) is 0 Å². The highest BCUT2D eigenvalue weighted by molar-refractivity contribution is 7.17. The maximum absolute atomic E-state index is 12.4. The van der Waals surface area contributed by atoms with Crippen LogP contribution in [-0.2, 0) is 6.42 Å². The molecule has 0 saturated heterocycles. The van der Waals surface area contributed by atoms with Gasteiger partial charge < -0.3 is 10.4 Å². The average Bonchev–Trinajstić information content (AvgIpc) is 3.07. The van der Waals surface area contributed by atoms with Crippen LogP contribution in [0.2, 0.25) is 0 Å². The quantitative estimate of drug-likeness (QED) is 0.590. The summed E-state index contributed by atoms with van der Waals surface area (Å²) in [5, 5.41) is 12.1. The number of hydrogen-bond acceptors (Lipinski definition) is 3. The van der Waals surface area contributed by atoms with Crippen molar-refractivity contribution < 1.29 is 9.90 Å². The Morgan fingerprint density at radius 2 is 1.68 bits per heavy atom. The molecule has 1 heterocycles. The third-order valence-electron chi connectivity index (χ3n) is 3.84. The van der Waals surface area contributed by atoms with Crippen molar-refractivity contribution >= 4 is 22.9 Å². The molecular weight excluding hydrogens is 330 g/mol. The Balaban J connectivity index is 1.71. The highest BCUT2D eigenvalue weighted by Crippen LogP contribution is 2.29. The number of amides is 1. The van der Waals surface area contributed by atoms with Gasteiger partial charge in [0, 0.05) is 10.6 Å². The maximum Gasteiger partial charge on any atom is 0.265 e. The summed E-state index contributed by atoms with van der Waals surface area (Å²) in [6, 6.07) is 18.8. The first-order valence-corrected chi connectivity index (χ1v) is 9.12. The zero-order valence-electron chi connectivity index (χ0n) is 14.3. The normalized spacial score (nSPS) is 10.8. The van der Waals surface area contributed by atoms with Crippen LogP contribution >= 0.6 is 11.3 Å². The lowest BCUT2D eigenvalue weighted by Gasteiger charge is -2.05. The molecule has 2 aromatic carbocycles. The highest BCUT2D eigenvalue weighted by Gasteiger charge is 2.11. The number of thiophene rings is 1. The summed E-state index contributed by atoms with van der Waals surface area (Å²) < 4.78 is 0. The van der Waals surface area contributed by atoms with Gasteiger partial charge in [-0.2, -0.15) is 0 Å². The van der Waals surface area contributed by atoms with E-state index >= 15 is 0 Å². The number of hydrogen-bond donors (Lipinski definition) is 2. The summed E-state index contributed by atoms with van der Waals surface area (Å²) in [7, 11) is 0. The average molecular weight is 351 g/mol. The Morgan fingerprint density at radius 3 is 2.32 bits per heavy atom. The molecule has 128 valence electrons. The molecule has 0 atom stereocenters. The van der Waals surface area contributed by atoms with Crippen LogP contribution in [0.25, 0.3) is 10.4 Å². The third kappa shape index (κ3) is 4.48. The van der Waals surface area contributed by atoms with Gasteiger partial charge in [0.1, 0.15) is 5.75 Å². The lowest BCUT2D eigenvalue weighted by molar-refractivity contribution is 0.103. The van der Waals surface area contributed by atoms with Crippen LogP contribution in [0.5, 0.6) is 5.75 Å². The van der Waals surface area contributed by atoms with Crippen molar-refractivity contribution in [3.63, 3.8) is 0 Å². The Morgan fingerprint density at radius 1 is 1.00 bits per heavy atom. The minimum Gasteiger partial charge on any atom is -0.508 e. The summed E-state index contributed by atoms with van der Waals surface area (Å²) >= 11 is 1.47. The number of aromatic hydroxyl groups is 1. The minimum absolute atomic E-state index is 0.140. The van der Waals surface area contributed by atoms with E-state index in [1.54, 1.807) is 24.3 Å². The second-order valence-corrected chi connectivity index (χ2v) is 7.54. The van der Waals surface area contributed by atoms with Gasteiger partial charge in [0.05, 0.1) is 4.88 Å². The van der Waals surface area contributed by atoms with Crippen molar-refractivity contribution in [2.45, 2.75) is 20.3 Å². The molecule has 0 aliphatic carbocycles. The molecule has 1 amide bonds. The molecule has 0 bridgehead atoms. The first-order valence-electron chi connectivity index (χ1n) is 8.31. The summed E-state index contributed by atoms with van der Waals surface area (Å²) in [6.07, 6.45) is 1.07. The van der Waals surface area contributed by atoms with Crippen LogP contribution in [0.1, 0.15) is 29.1 Å². The van der Waals surface area contributed by atoms with Crippen molar-refractivity contribution in [2.24, 2.45) is 5.92 Å². The SMILES string of the molecule is CC(C)Cc1ccc(-c2ccc(C(=O)Nc3ccc(O)cc3)s2)cc1. The Bertz CT molecular complexity index is 848. The summed E-state index contributed by atoms with van der Waals surface area (Å²) in [6.45, 7) is 4.43. The fraction of sp³-hybridized carbons (Fsp3) is 0.190. The number of phenolic OH excluding ortho intramolecular Hbond substituents is 1. The lowest BCUT2D eigenvalue weighted by Crippen LogP contribution is -2.09. The van der Waals surface area contributed by atoms with E-state index in [1.165, 1.54) is 16.9 Å². The van der Waals surface area contributed by atoms with E-state index in [1.807, 2.05) is 12.1 Å². The molecule has 0 saturated carbocycles. The number of phenols is 1. The van der Waals surface area contributed by atoms with Crippen LogP contribution in [0.4, 0.5) is 5.69 Å². The molecule has 3 rings (SSSR count). The number of anilines is 1. The van der Waals surface area contributed by atoms with Gasteiger partial charge >= 0.3 is 0 Å². The number of carbonyl (C=O) groups is 1. The van der Waals surface area contributed by atoms with Gasteiger partial charge in [-0.25, -0.2) is 0 Å². The van der Waals surface area contributed by atoms with Crippen molar-refractivity contribution in [3.05, 3.63) is 71.1 Å². The molecule has 0 radical (unpaired) electrons. The molecule has 0 aliphatic heterocycles. The van der Waals surface area contributed by atoms with Crippen LogP contribution < -0.4 is 5.32 Å². The van der Waals surface area contributed by atoms with Gasteiger partial charge in [-0.1, -0.05) is 38.1 Å². The Labute approximate surface area is 152 Å². The third-order valence-corrected chi connectivity index (χ3v) is 4.97. The monoisotopic (exact) mass is 351 g/mol. The maximum atomic E-state index is 12.4. The van der Waals surface area contributed by atoms with E-state index < -0.39 is 0 Å². The van der Waals surface area contributed by atoms with Crippen molar-refractivity contribution in [2.75, 3.05) is 5.32 Å². The number of benzene rings is 2. The zero-order chi connectivity index (χ0) is 17.8. The predicted octanol–water partition coefficient (Wildman–Crippen LogP) is 5.57. The summed E-state index contributed by atoms with van der Waals surface area (Å²) in [5.74, 6) is 0.679. The van der Waals surface area contributed by atoms with E-state index in [-0.39, 0.29) is 11.7 Å². The molecule has 0 aliphatic rings. The molecule has 0 spiro atoms. The van der Waals surface area contributed by atoms with E-state index in [0.29, 0.717) is 16.5 Å². The van der Waals surface area contributed by atoms with Gasteiger partial charge in [-0.3, -0.25) is 4.79 Å². The lowest BCUT2D eigenvalue weighted by atomic mass is 10.0. The summed E-state index contributed by atoms with van der Waals surface area (Å²) in [4.78, 5) is 14.1. The minimum atomic E-state index is -0.140. The molecule has 3 nitrogen and oxygen atoms in total. The van der Waals surface area contributed by atoms with Crippen LogP contribution in [0.3, 0.4) is 0 Å². The summed E-state index contributed by atoms with van der Waals surface area (Å²) in [5.41, 5.74) is 3.12. The molecule has 0 fully saturated rings. The van der Waals surface area contributed by atoms with Gasteiger partial charge in [0.15, 0.2) is 0 Å². The molecule has 1 aromatic heterocycles. The standard InChI is InChI=1S/C21H21NO2S/c1-14(2)13-15-3-5-16(6-4-15)19-11-12-20(25-19)21(24)22-17-7-9-18(23)10-8-17/h3-12,14,23H,13H2,1-2H3,(H,22,24). The van der Waals surface area contributed by atoms with Crippen LogP contribution in [0.15, 0.2) is 60.7 Å². The fourth-order valence-corrected chi connectivity index (χ4v) is 3.54. The van der Waals surface area contributed by atoms with E-state index in [0.717, 1.165) is 16.9 Å². The second-order valence-electron chi connectivity index (χ2n) is 6.46. The van der Waals surface area contributed by atoms with Crippen LogP contribution in [-0.4, -0.2) is 11.0 Å². The molecule has 0 unspecified atom stereocenters. The number of rotatable bonds is 5. The molecule has 2 N–H and O–H groups in total. The van der Waals surface area contributed by atoms with Gasteiger partial charge in [-0.15, -0.1) is 11.3 Å². The van der Waals surface area contributed by atoms with Gasteiger partial charge in [0.25, 0.3) is 5.91 Å². The second kappa shape index (κ2) is 7.53. The van der Waals surface area contributed by atoms with Gasteiger partial charge in [0.2, 0.25) is 0 Å². The number of carbonyl (C=O) groups excluding carboxylic acids is 1. The fourth-order valence-electron chi connectivity index (χ4n) is 2.63. The largest absolute Gasteiger partial charge is 0.508 e. The Hall–Kier alpha value is -2.59. The van der Waals surface area contributed by atoms with Gasteiger partial charge in [-0.05, 0) is 59.9 Å². The van der Waals surface area contributed by atoms with Crippen molar-refractivity contribution in [3.8, 4) is 16.2 Å². The molecule has 25 heavy (non-hydrogen) atoms. The molecule has 3 aromatic rings.